The lowest BCUT2D eigenvalue weighted by atomic mass is 9.99. The van der Waals surface area contributed by atoms with Crippen molar-refractivity contribution in [2.45, 2.75) is 249 Å². The van der Waals surface area contributed by atoms with Crippen LogP contribution in [0.15, 0.2) is 0 Å². The molecule has 0 bridgehead atoms. The first kappa shape index (κ1) is 48.2. The second-order valence-corrected chi connectivity index (χ2v) is 15.5. The van der Waals surface area contributed by atoms with Gasteiger partial charge in [0.25, 0.3) is 0 Å². The van der Waals surface area contributed by atoms with Crippen LogP contribution in [-0.2, 0) is 14.3 Å². The molecule has 1 heterocycles. The Balaban J connectivity index is 2.32. The second kappa shape index (κ2) is 33.7. The average molecular weight is 730 g/mol. The molecule has 0 saturated carbocycles. The Morgan fingerprint density at radius 2 is 0.980 bits per heavy atom. The fourth-order valence-corrected chi connectivity index (χ4v) is 7.16. The Labute approximate surface area is 313 Å². The number of amides is 1. The van der Waals surface area contributed by atoms with E-state index < -0.39 is 49.5 Å². The maximum absolute atomic E-state index is 12.9. The number of rotatable bonds is 36. The molecule has 1 aliphatic heterocycles. The number of unbranched alkanes of at least 4 members (excludes halogenated alkanes) is 26. The zero-order valence-corrected chi connectivity index (χ0v) is 33.1. The fourth-order valence-electron chi connectivity index (χ4n) is 7.16. The van der Waals surface area contributed by atoms with Crippen LogP contribution in [0.4, 0.5) is 0 Å². The number of hydrogen-bond donors (Lipinski definition) is 6. The average Bonchev–Trinajstić information content (AvgIpc) is 3.13. The van der Waals surface area contributed by atoms with Crippen LogP contribution in [0, 0.1) is 0 Å². The number of carbonyl (C=O) groups excluding carboxylic acids is 1. The quantitative estimate of drug-likeness (QED) is 0.0353. The Hall–Kier alpha value is -0.810. The lowest BCUT2D eigenvalue weighted by Gasteiger charge is -2.40. The third-order valence-electron chi connectivity index (χ3n) is 10.7. The standard InChI is InChI=1S/C42H83NO8/c1-3-5-7-9-11-13-15-16-17-18-19-20-21-22-23-25-27-29-31-36(45)35(34-50-42-41(49)40(48)39(47)37(33-44)51-42)43-38(46)32-30-28-26-24-14-12-10-8-6-4-2/h35-37,39-42,44-45,47-49H,3-34H2,1-2H3,(H,43,46). The molecule has 304 valence electrons. The summed E-state index contributed by atoms with van der Waals surface area (Å²) in [7, 11) is 0. The van der Waals surface area contributed by atoms with E-state index in [2.05, 4.69) is 19.2 Å². The van der Waals surface area contributed by atoms with Gasteiger partial charge in [0.15, 0.2) is 6.29 Å². The molecule has 1 saturated heterocycles. The molecule has 0 spiro atoms. The summed E-state index contributed by atoms with van der Waals surface area (Å²) in [6.45, 7) is 3.82. The van der Waals surface area contributed by atoms with Crippen LogP contribution in [0.3, 0.4) is 0 Å². The van der Waals surface area contributed by atoms with Crippen LogP contribution in [0.1, 0.15) is 206 Å². The van der Waals surface area contributed by atoms with Crippen molar-refractivity contribution in [1.82, 2.24) is 5.32 Å². The summed E-state index contributed by atoms with van der Waals surface area (Å²) < 4.78 is 11.2. The SMILES string of the molecule is CCCCCCCCCCCCCCCCCCCCC(O)C(COC1OC(CO)C(O)C(O)C1O)NC(=O)CCCCCCCCCCCC. The minimum atomic E-state index is -1.55. The van der Waals surface area contributed by atoms with E-state index in [-0.39, 0.29) is 12.5 Å². The molecule has 0 aromatic rings. The van der Waals surface area contributed by atoms with Crippen molar-refractivity contribution < 1.29 is 39.8 Å². The lowest BCUT2D eigenvalue weighted by molar-refractivity contribution is -0.302. The van der Waals surface area contributed by atoms with E-state index in [1.54, 1.807) is 0 Å². The van der Waals surface area contributed by atoms with Crippen molar-refractivity contribution in [1.29, 1.82) is 0 Å². The number of hydrogen-bond acceptors (Lipinski definition) is 8. The molecule has 51 heavy (non-hydrogen) atoms. The summed E-state index contributed by atoms with van der Waals surface area (Å²) in [5.74, 6) is -0.145. The molecule has 6 N–H and O–H groups in total. The Bertz CT molecular complexity index is 771. The van der Waals surface area contributed by atoms with Crippen molar-refractivity contribution >= 4 is 5.91 Å². The van der Waals surface area contributed by atoms with Gasteiger partial charge in [0.1, 0.15) is 24.4 Å². The molecular formula is C42H83NO8. The number of carbonyl (C=O) groups is 1. The van der Waals surface area contributed by atoms with E-state index in [9.17, 15) is 30.3 Å². The molecule has 0 aliphatic carbocycles. The molecule has 1 aliphatic rings. The van der Waals surface area contributed by atoms with Gasteiger partial charge in [-0.25, -0.2) is 0 Å². The van der Waals surface area contributed by atoms with Crippen molar-refractivity contribution in [2.75, 3.05) is 13.2 Å². The number of aliphatic hydroxyl groups is 5. The van der Waals surface area contributed by atoms with Crippen LogP contribution >= 0.6 is 0 Å². The highest BCUT2D eigenvalue weighted by Gasteiger charge is 2.44. The van der Waals surface area contributed by atoms with Crippen LogP contribution in [0.5, 0.6) is 0 Å². The van der Waals surface area contributed by atoms with Gasteiger partial charge in [-0.1, -0.05) is 187 Å². The number of aliphatic hydroxyl groups excluding tert-OH is 5. The molecule has 0 aromatic heterocycles. The summed E-state index contributed by atoms with van der Waals surface area (Å²) in [6.07, 6.45) is 28.3. The highest BCUT2D eigenvalue weighted by Crippen LogP contribution is 2.23. The van der Waals surface area contributed by atoms with Gasteiger partial charge in [-0.15, -0.1) is 0 Å². The smallest absolute Gasteiger partial charge is 0.220 e. The van der Waals surface area contributed by atoms with Crippen molar-refractivity contribution in [3.8, 4) is 0 Å². The first-order valence-corrected chi connectivity index (χ1v) is 21.7. The van der Waals surface area contributed by atoms with Crippen molar-refractivity contribution in [2.24, 2.45) is 0 Å². The van der Waals surface area contributed by atoms with Gasteiger partial charge in [0.2, 0.25) is 5.91 Å². The molecule has 9 nitrogen and oxygen atoms in total. The van der Waals surface area contributed by atoms with Crippen LogP contribution in [0.25, 0.3) is 0 Å². The second-order valence-electron chi connectivity index (χ2n) is 15.5. The summed E-state index contributed by atoms with van der Waals surface area (Å²) in [4.78, 5) is 12.9. The van der Waals surface area contributed by atoms with Gasteiger partial charge >= 0.3 is 0 Å². The van der Waals surface area contributed by atoms with Gasteiger partial charge in [-0.2, -0.15) is 0 Å². The maximum atomic E-state index is 12.9. The summed E-state index contributed by atoms with van der Waals surface area (Å²) in [5, 5.41) is 54.2. The van der Waals surface area contributed by atoms with Gasteiger partial charge in [-0.05, 0) is 12.8 Å². The van der Waals surface area contributed by atoms with Gasteiger partial charge in [0, 0.05) is 6.42 Å². The molecule has 1 amide bonds. The maximum Gasteiger partial charge on any atom is 0.220 e. The molecule has 7 unspecified atom stereocenters. The number of nitrogens with one attached hydrogen (secondary N) is 1. The first-order chi connectivity index (χ1) is 24.8. The molecule has 0 aromatic carbocycles. The first-order valence-electron chi connectivity index (χ1n) is 21.7. The molecular weight excluding hydrogens is 646 g/mol. The lowest BCUT2D eigenvalue weighted by Crippen LogP contribution is -2.60. The Morgan fingerprint density at radius 1 is 0.588 bits per heavy atom. The topological polar surface area (TPSA) is 149 Å². The van der Waals surface area contributed by atoms with E-state index in [1.165, 1.54) is 141 Å². The van der Waals surface area contributed by atoms with E-state index >= 15 is 0 Å². The fraction of sp³-hybridized carbons (Fsp3) is 0.976. The van der Waals surface area contributed by atoms with Gasteiger partial charge in [-0.3, -0.25) is 4.79 Å². The highest BCUT2D eigenvalue weighted by molar-refractivity contribution is 5.76. The molecule has 1 rings (SSSR count). The van der Waals surface area contributed by atoms with E-state index in [4.69, 9.17) is 9.47 Å². The van der Waals surface area contributed by atoms with Crippen molar-refractivity contribution in [3.63, 3.8) is 0 Å². The Kier molecular flexibility index (Phi) is 31.9. The van der Waals surface area contributed by atoms with Crippen LogP contribution < -0.4 is 5.32 Å². The molecule has 1 fully saturated rings. The van der Waals surface area contributed by atoms with E-state index in [0.717, 1.165) is 38.5 Å². The highest BCUT2D eigenvalue weighted by atomic mass is 16.7. The summed E-state index contributed by atoms with van der Waals surface area (Å²) in [6, 6.07) is -0.709. The predicted octanol–water partition coefficient (Wildman–Crippen LogP) is 8.39. The third kappa shape index (κ3) is 25.0. The predicted molar refractivity (Wildman–Crippen MR) is 208 cm³/mol. The zero-order valence-electron chi connectivity index (χ0n) is 33.1. The molecule has 7 atom stereocenters. The third-order valence-corrected chi connectivity index (χ3v) is 10.7. The summed E-state index contributed by atoms with van der Waals surface area (Å²) in [5.41, 5.74) is 0. The summed E-state index contributed by atoms with van der Waals surface area (Å²) >= 11 is 0. The van der Waals surface area contributed by atoms with Gasteiger partial charge in [0.05, 0.1) is 25.4 Å². The largest absolute Gasteiger partial charge is 0.394 e. The molecule has 9 heteroatoms. The van der Waals surface area contributed by atoms with E-state index in [0.29, 0.717) is 12.8 Å². The monoisotopic (exact) mass is 730 g/mol. The number of ether oxygens (including phenoxy) is 2. The van der Waals surface area contributed by atoms with Crippen molar-refractivity contribution in [3.05, 3.63) is 0 Å². The molecule has 0 radical (unpaired) electrons. The van der Waals surface area contributed by atoms with Crippen LogP contribution in [-0.4, -0.2) is 87.5 Å². The normalized spacial score (nSPS) is 21.9. The van der Waals surface area contributed by atoms with E-state index in [1.807, 2.05) is 0 Å². The zero-order chi connectivity index (χ0) is 37.4. The van der Waals surface area contributed by atoms with Crippen LogP contribution in [0.2, 0.25) is 0 Å². The Morgan fingerprint density at radius 3 is 1.39 bits per heavy atom. The minimum Gasteiger partial charge on any atom is -0.394 e. The minimum absolute atomic E-state index is 0.132. The van der Waals surface area contributed by atoms with Gasteiger partial charge < -0.3 is 40.3 Å².